The summed E-state index contributed by atoms with van der Waals surface area (Å²) in [5.74, 6) is -0.973. The Morgan fingerprint density at radius 1 is 1.29 bits per heavy atom. The van der Waals surface area contributed by atoms with E-state index in [1.165, 1.54) is 10.9 Å². The Labute approximate surface area is 126 Å². The molecule has 0 aliphatic carbocycles. The number of aryl methyl sites for hydroxylation is 1. The molecule has 5 nitrogen and oxygen atoms in total. The largest absolute Gasteiger partial charge is 0.478 e. The van der Waals surface area contributed by atoms with Crippen LogP contribution in [0.3, 0.4) is 0 Å². The van der Waals surface area contributed by atoms with Crippen molar-refractivity contribution >= 4 is 29.0 Å². The molecule has 0 aliphatic rings. The second-order valence-electron chi connectivity index (χ2n) is 4.55. The molecule has 0 spiro atoms. The number of carboxylic acids is 1. The third-order valence-corrected chi connectivity index (χ3v) is 3.89. The number of hydrogen-bond donors (Lipinski definition) is 3. The first-order valence-corrected chi connectivity index (χ1v) is 7.35. The number of anilines is 1. The zero-order valence-electron chi connectivity index (χ0n) is 11.6. The van der Waals surface area contributed by atoms with Crippen LogP contribution in [0.1, 0.15) is 20.8 Å². The number of amides is 2. The van der Waals surface area contributed by atoms with Gasteiger partial charge in [0.1, 0.15) is 0 Å². The van der Waals surface area contributed by atoms with E-state index in [0.29, 0.717) is 17.8 Å². The van der Waals surface area contributed by atoms with Gasteiger partial charge in [-0.1, -0.05) is 6.07 Å². The molecule has 2 rings (SSSR count). The molecule has 1 heterocycles. The predicted molar refractivity (Wildman–Crippen MR) is 83.2 cm³/mol. The normalized spacial score (nSPS) is 10.1. The lowest BCUT2D eigenvalue weighted by molar-refractivity contribution is 0.0696. The van der Waals surface area contributed by atoms with Gasteiger partial charge < -0.3 is 15.7 Å². The summed E-state index contributed by atoms with van der Waals surface area (Å²) >= 11 is 1.66. The lowest BCUT2D eigenvalue weighted by atomic mass is 10.1. The van der Waals surface area contributed by atoms with Gasteiger partial charge in [0.15, 0.2) is 0 Å². The number of carbonyl (C=O) groups excluding carboxylic acids is 1. The number of carbonyl (C=O) groups is 2. The minimum atomic E-state index is -0.973. The number of benzene rings is 1. The van der Waals surface area contributed by atoms with Gasteiger partial charge >= 0.3 is 12.0 Å². The van der Waals surface area contributed by atoms with Crippen molar-refractivity contribution in [1.29, 1.82) is 0 Å². The number of rotatable bonds is 5. The van der Waals surface area contributed by atoms with Crippen LogP contribution < -0.4 is 10.6 Å². The van der Waals surface area contributed by atoms with Gasteiger partial charge in [-0.05, 0) is 48.6 Å². The third-order valence-electron chi connectivity index (χ3n) is 2.95. The van der Waals surface area contributed by atoms with E-state index in [9.17, 15) is 9.59 Å². The zero-order chi connectivity index (χ0) is 15.2. The Bertz CT molecular complexity index is 638. The Balaban J connectivity index is 1.85. The van der Waals surface area contributed by atoms with Crippen LogP contribution in [0.5, 0.6) is 0 Å². The van der Waals surface area contributed by atoms with Crippen LogP contribution in [-0.4, -0.2) is 23.7 Å². The second-order valence-corrected chi connectivity index (χ2v) is 5.58. The van der Waals surface area contributed by atoms with Gasteiger partial charge in [-0.2, -0.15) is 0 Å². The van der Waals surface area contributed by atoms with Crippen molar-refractivity contribution in [2.45, 2.75) is 13.3 Å². The smallest absolute Gasteiger partial charge is 0.335 e. The van der Waals surface area contributed by atoms with Gasteiger partial charge in [-0.15, -0.1) is 11.3 Å². The van der Waals surface area contributed by atoms with E-state index < -0.39 is 5.97 Å². The molecule has 0 unspecified atom stereocenters. The van der Waals surface area contributed by atoms with Crippen molar-refractivity contribution in [2.75, 3.05) is 11.9 Å². The van der Waals surface area contributed by atoms with Crippen LogP contribution >= 0.6 is 11.3 Å². The fourth-order valence-corrected chi connectivity index (χ4v) is 2.62. The highest BCUT2D eigenvalue weighted by Crippen LogP contribution is 2.15. The predicted octanol–water partition coefficient (Wildman–Crippen LogP) is 3.12. The first kappa shape index (κ1) is 15.1. The summed E-state index contributed by atoms with van der Waals surface area (Å²) < 4.78 is 0. The lowest BCUT2D eigenvalue weighted by Crippen LogP contribution is -2.30. The molecule has 110 valence electrons. The standard InChI is InChI=1S/C15H16N2O3S/c1-10-9-11(4-5-13(10)14(18)19)17-15(20)16-7-6-12-3-2-8-21-12/h2-5,8-9H,6-7H2,1H3,(H,18,19)(H2,16,17,20). The molecule has 0 fully saturated rings. The average Bonchev–Trinajstić information content (AvgIpc) is 2.91. The van der Waals surface area contributed by atoms with Gasteiger partial charge in [-0.25, -0.2) is 9.59 Å². The molecule has 0 atom stereocenters. The fourth-order valence-electron chi connectivity index (χ4n) is 1.91. The molecule has 0 saturated heterocycles. The zero-order valence-corrected chi connectivity index (χ0v) is 12.4. The number of carboxylic acid groups (broad SMARTS) is 1. The quantitative estimate of drug-likeness (QED) is 0.794. The maximum absolute atomic E-state index is 11.7. The van der Waals surface area contributed by atoms with Gasteiger partial charge in [0.25, 0.3) is 0 Å². The summed E-state index contributed by atoms with van der Waals surface area (Å²) in [5.41, 5.74) is 1.42. The van der Waals surface area contributed by atoms with Crippen molar-refractivity contribution in [2.24, 2.45) is 0 Å². The molecule has 1 aromatic heterocycles. The summed E-state index contributed by atoms with van der Waals surface area (Å²) in [7, 11) is 0. The first-order valence-electron chi connectivity index (χ1n) is 6.47. The molecule has 6 heteroatoms. The number of urea groups is 1. The highest BCUT2D eigenvalue weighted by molar-refractivity contribution is 7.09. The molecular formula is C15H16N2O3S. The average molecular weight is 304 g/mol. The monoisotopic (exact) mass is 304 g/mol. The van der Waals surface area contributed by atoms with Crippen LogP contribution in [0.4, 0.5) is 10.5 Å². The van der Waals surface area contributed by atoms with Crippen LogP contribution in [0.2, 0.25) is 0 Å². The maximum Gasteiger partial charge on any atom is 0.335 e. The molecular weight excluding hydrogens is 288 g/mol. The Morgan fingerprint density at radius 2 is 2.10 bits per heavy atom. The minimum Gasteiger partial charge on any atom is -0.478 e. The van der Waals surface area contributed by atoms with Crippen LogP contribution in [0, 0.1) is 6.92 Å². The van der Waals surface area contributed by atoms with Crippen LogP contribution in [0.25, 0.3) is 0 Å². The van der Waals surface area contributed by atoms with E-state index in [4.69, 9.17) is 5.11 Å². The second kappa shape index (κ2) is 6.90. The molecule has 2 aromatic rings. The topological polar surface area (TPSA) is 78.4 Å². The Morgan fingerprint density at radius 3 is 2.71 bits per heavy atom. The van der Waals surface area contributed by atoms with Crippen LogP contribution in [0.15, 0.2) is 35.7 Å². The molecule has 0 bridgehead atoms. The van der Waals surface area contributed by atoms with Crippen molar-refractivity contribution < 1.29 is 14.7 Å². The van der Waals surface area contributed by atoms with E-state index in [2.05, 4.69) is 10.6 Å². The highest BCUT2D eigenvalue weighted by Gasteiger charge is 2.08. The van der Waals surface area contributed by atoms with Crippen LogP contribution in [-0.2, 0) is 6.42 Å². The number of nitrogens with one attached hydrogen (secondary N) is 2. The van der Waals surface area contributed by atoms with Gasteiger partial charge in [0.05, 0.1) is 5.56 Å². The van der Waals surface area contributed by atoms with Gasteiger partial charge in [0.2, 0.25) is 0 Å². The van der Waals surface area contributed by atoms with E-state index in [-0.39, 0.29) is 11.6 Å². The number of aromatic carboxylic acids is 1. The van der Waals surface area contributed by atoms with E-state index in [1.54, 1.807) is 30.4 Å². The van der Waals surface area contributed by atoms with Crippen molar-refractivity contribution in [1.82, 2.24) is 5.32 Å². The Kier molecular flexibility index (Phi) is 4.94. The SMILES string of the molecule is Cc1cc(NC(=O)NCCc2cccs2)ccc1C(=O)O. The summed E-state index contributed by atoms with van der Waals surface area (Å²) in [6.45, 7) is 2.25. The maximum atomic E-state index is 11.7. The van der Waals surface area contributed by atoms with E-state index >= 15 is 0 Å². The molecule has 0 saturated carbocycles. The summed E-state index contributed by atoms with van der Waals surface area (Å²) in [5, 5.41) is 16.4. The molecule has 0 aliphatic heterocycles. The molecule has 3 N–H and O–H groups in total. The van der Waals surface area contributed by atoms with Crippen molar-refractivity contribution in [3.8, 4) is 0 Å². The molecule has 1 aromatic carbocycles. The number of hydrogen-bond acceptors (Lipinski definition) is 3. The summed E-state index contributed by atoms with van der Waals surface area (Å²) in [6, 6.07) is 8.41. The van der Waals surface area contributed by atoms with Gasteiger partial charge in [-0.3, -0.25) is 0 Å². The van der Waals surface area contributed by atoms with E-state index in [1.807, 2.05) is 17.5 Å². The first-order chi connectivity index (χ1) is 10.1. The summed E-state index contributed by atoms with van der Waals surface area (Å²) in [6.07, 6.45) is 0.794. The minimum absolute atomic E-state index is 0.235. The molecule has 2 amide bonds. The lowest BCUT2D eigenvalue weighted by Gasteiger charge is -2.09. The highest BCUT2D eigenvalue weighted by atomic mass is 32.1. The van der Waals surface area contributed by atoms with Crippen molar-refractivity contribution in [3.63, 3.8) is 0 Å². The molecule has 21 heavy (non-hydrogen) atoms. The molecule has 0 radical (unpaired) electrons. The third kappa shape index (κ3) is 4.32. The summed E-state index contributed by atoms with van der Waals surface area (Å²) in [4.78, 5) is 23.9. The Hall–Kier alpha value is -2.34. The van der Waals surface area contributed by atoms with Gasteiger partial charge in [0, 0.05) is 17.1 Å². The fraction of sp³-hybridized carbons (Fsp3) is 0.200. The van der Waals surface area contributed by atoms with Crippen molar-refractivity contribution in [3.05, 3.63) is 51.7 Å². The number of thiophene rings is 1. The van der Waals surface area contributed by atoms with E-state index in [0.717, 1.165) is 6.42 Å².